The highest BCUT2D eigenvalue weighted by molar-refractivity contribution is 8.18. The average Bonchev–Trinajstić information content (AvgIpc) is 3.13. The second kappa shape index (κ2) is 9.28. The molecule has 3 aromatic carbocycles. The third-order valence-corrected chi connectivity index (χ3v) is 5.34. The number of hydrogen-bond donors (Lipinski definition) is 1. The van der Waals surface area contributed by atoms with Crippen molar-refractivity contribution in [3.05, 3.63) is 100 Å². The van der Waals surface area contributed by atoms with E-state index in [0.29, 0.717) is 27.1 Å². The number of para-hydroxylation sites is 1. The van der Waals surface area contributed by atoms with Crippen LogP contribution in [0.4, 0.5) is 10.1 Å². The van der Waals surface area contributed by atoms with Gasteiger partial charge in [0.05, 0.1) is 22.2 Å². The topological polar surface area (TPSA) is 74.5 Å². The Bertz CT molecular complexity index is 1230. The molecule has 3 aromatic rings. The zero-order valence-electron chi connectivity index (χ0n) is 16.2. The van der Waals surface area contributed by atoms with Crippen LogP contribution in [-0.4, -0.2) is 11.1 Å². The first kappa shape index (κ1) is 20.4. The summed E-state index contributed by atoms with van der Waals surface area (Å²) in [6.07, 6.45) is 1.73. The van der Waals surface area contributed by atoms with E-state index >= 15 is 0 Å². The van der Waals surface area contributed by atoms with E-state index < -0.39 is 0 Å². The normalized spacial score (nSPS) is 15.7. The lowest BCUT2D eigenvalue weighted by Gasteiger charge is -2.10. The van der Waals surface area contributed by atoms with Gasteiger partial charge in [0.1, 0.15) is 18.2 Å². The van der Waals surface area contributed by atoms with Gasteiger partial charge < -0.3 is 10.1 Å². The predicted octanol–water partition coefficient (Wildman–Crippen LogP) is 5.17. The molecular weight excluding hydrogens is 413 g/mol. The van der Waals surface area contributed by atoms with Gasteiger partial charge in [-0.1, -0.05) is 36.4 Å². The molecule has 31 heavy (non-hydrogen) atoms. The smallest absolute Gasteiger partial charge is 0.264 e. The van der Waals surface area contributed by atoms with Crippen molar-refractivity contribution in [3.63, 3.8) is 0 Å². The number of aliphatic imine (C=N–C) groups is 1. The van der Waals surface area contributed by atoms with Crippen molar-refractivity contribution < 1.29 is 13.9 Å². The van der Waals surface area contributed by atoms with Crippen LogP contribution < -0.4 is 10.1 Å². The second-order valence-electron chi connectivity index (χ2n) is 6.55. The molecule has 7 heteroatoms. The van der Waals surface area contributed by atoms with Crippen molar-refractivity contribution in [3.8, 4) is 11.8 Å². The van der Waals surface area contributed by atoms with E-state index in [-0.39, 0.29) is 18.3 Å². The van der Waals surface area contributed by atoms with Crippen LogP contribution in [0.15, 0.2) is 82.7 Å². The van der Waals surface area contributed by atoms with Crippen molar-refractivity contribution >= 4 is 34.6 Å². The fraction of sp³-hybridized carbons (Fsp3) is 0.0417. The van der Waals surface area contributed by atoms with Crippen molar-refractivity contribution in [2.75, 3.05) is 0 Å². The fourth-order valence-corrected chi connectivity index (χ4v) is 3.73. The summed E-state index contributed by atoms with van der Waals surface area (Å²) in [5, 5.41) is 12.4. The molecule has 0 atom stereocenters. The first-order valence-corrected chi connectivity index (χ1v) is 10.2. The molecule has 1 amide bonds. The standard InChI is InChI=1S/C24H16FN3O2S/c25-19-9-11-20(12-10-19)27-24-28-23(29)22(31-24)13-16-5-3-4-8-21(16)30-15-18-7-2-1-6-17(18)14-26/h1-13H,15H2,(H,27,28,29)/b22-13+. The van der Waals surface area contributed by atoms with Gasteiger partial charge in [0.25, 0.3) is 5.91 Å². The number of thioether (sulfide) groups is 1. The molecule has 1 saturated heterocycles. The molecule has 0 aliphatic carbocycles. The minimum atomic E-state index is -0.346. The second-order valence-corrected chi connectivity index (χ2v) is 7.58. The number of carbonyl (C=O) groups is 1. The largest absolute Gasteiger partial charge is 0.488 e. The number of nitrogens with one attached hydrogen (secondary N) is 1. The molecular formula is C24H16FN3O2S. The van der Waals surface area contributed by atoms with Crippen LogP contribution in [-0.2, 0) is 11.4 Å². The van der Waals surface area contributed by atoms with Crippen LogP contribution in [0.2, 0.25) is 0 Å². The number of amidine groups is 1. The Hall–Kier alpha value is -3.89. The van der Waals surface area contributed by atoms with Crippen LogP contribution in [0.5, 0.6) is 5.75 Å². The molecule has 1 fully saturated rings. The summed E-state index contributed by atoms with van der Waals surface area (Å²) in [4.78, 5) is 17.2. The maximum absolute atomic E-state index is 13.1. The van der Waals surface area contributed by atoms with E-state index in [1.807, 2.05) is 36.4 Å². The van der Waals surface area contributed by atoms with Gasteiger partial charge in [-0.15, -0.1) is 0 Å². The van der Waals surface area contributed by atoms with E-state index in [0.717, 1.165) is 11.1 Å². The summed E-state index contributed by atoms with van der Waals surface area (Å²) in [7, 11) is 0. The lowest BCUT2D eigenvalue weighted by Crippen LogP contribution is -2.19. The van der Waals surface area contributed by atoms with E-state index in [9.17, 15) is 14.4 Å². The molecule has 4 rings (SSSR count). The molecule has 0 bridgehead atoms. The summed E-state index contributed by atoms with van der Waals surface area (Å²) in [5.74, 6) is -0.0165. The molecule has 1 heterocycles. The number of nitrogens with zero attached hydrogens (tertiary/aromatic N) is 2. The van der Waals surface area contributed by atoms with Gasteiger partial charge in [0.2, 0.25) is 0 Å². The number of hydrogen-bond acceptors (Lipinski definition) is 5. The third kappa shape index (κ3) is 5.00. The average molecular weight is 429 g/mol. The molecule has 152 valence electrons. The molecule has 0 unspecified atom stereocenters. The van der Waals surface area contributed by atoms with Gasteiger partial charge in [0.15, 0.2) is 5.17 Å². The monoisotopic (exact) mass is 429 g/mol. The number of carbonyl (C=O) groups excluding carboxylic acids is 1. The Balaban J connectivity index is 1.53. The van der Waals surface area contributed by atoms with Crippen LogP contribution in [0.3, 0.4) is 0 Å². The summed E-state index contributed by atoms with van der Waals surface area (Å²) >= 11 is 1.20. The number of halogens is 1. The van der Waals surface area contributed by atoms with Crippen LogP contribution in [0.1, 0.15) is 16.7 Å². The summed E-state index contributed by atoms with van der Waals surface area (Å²) < 4.78 is 19.0. The minimum absolute atomic E-state index is 0.237. The SMILES string of the molecule is N#Cc1ccccc1COc1ccccc1/C=C1/SC(=Nc2ccc(F)cc2)NC1=O. The predicted molar refractivity (Wildman–Crippen MR) is 119 cm³/mol. The number of amides is 1. The van der Waals surface area contributed by atoms with Crippen LogP contribution in [0.25, 0.3) is 6.08 Å². The Labute approximate surface area is 182 Å². The van der Waals surface area contributed by atoms with E-state index in [4.69, 9.17) is 4.74 Å². The molecule has 1 aliphatic rings. The molecule has 0 aromatic heterocycles. The summed E-state index contributed by atoms with van der Waals surface area (Å²) in [5.41, 5.74) is 2.63. The van der Waals surface area contributed by atoms with E-state index in [1.54, 1.807) is 30.3 Å². The van der Waals surface area contributed by atoms with E-state index in [1.165, 1.54) is 23.9 Å². The number of rotatable bonds is 5. The van der Waals surface area contributed by atoms with Crippen molar-refractivity contribution in [2.24, 2.45) is 4.99 Å². The van der Waals surface area contributed by atoms with Crippen LogP contribution >= 0.6 is 11.8 Å². The van der Waals surface area contributed by atoms with Crippen molar-refractivity contribution in [1.29, 1.82) is 5.26 Å². The third-order valence-electron chi connectivity index (χ3n) is 4.43. The lowest BCUT2D eigenvalue weighted by molar-refractivity contribution is -0.115. The van der Waals surface area contributed by atoms with Gasteiger partial charge in [-0.3, -0.25) is 4.79 Å². The maximum Gasteiger partial charge on any atom is 0.264 e. The highest BCUT2D eigenvalue weighted by atomic mass is 32.2. The molecule has 5 nitrogen and oxygen atoms in total. The fourth-order valence-electron chi connectivity index (χ4n) is 2.90. The molecule has 0 saturated carbocycles. The van der Waals surface area contributed by atoms with Crippen molar-refractivity contribution in [1.82, 2.24) is 5.32 Å². The molecule has 1 aliphatic heterocycles. The first-order chi connectivity index (χ1) is 15.1. The quantitative estimate of drug-likeness (QED) is 0.568. The van der Waals surface area contributed by atoms with Gasteiger partial charge >= 0.3 is 0 Å². The Morgan fingerprint density at radius 3 is 2.61 bits per heavy atom. The zero-order chi connectivity index (χ0) is 21.6. The lowest BCUT2D eigenvalue weighted by atomic mass is 10.1. The Morgan fingerprint density at radius 2 is 1.81 bits per heavy atom. The Kier molecular flexibility index (Phi) is 6.11. The number of benzene rings is 3. The Morgan fingerprint density at radius 1 is 1.06 bits per heavy atom. The maximum atomic E-state index is 13.1. The molecule has 0 radical (unpaired) electrons. The number of ether oxygens (including phenoxy) is 1. The minimum Gasteiger partial charge on any atom is -0.488 e. The van der Waals surface area contributed by atoms with Gasteiger partial charge in [0, 0.05) is 11.1 Å². The molecule has 0 spiro atoms. The summed E-state index contributed by atoms with van der Waals surface area (Å²) in [6, 6.07) is 22.5. The highest BCUT2D eigenvalue weighted by Crippen LogP contribution is 2.31. The summed E-state index contributed by atoms with van der Waals surface area (Å²) in [6.45, 7) is 0.237. The first-order valence-electron chi connectivity index (χ1n) is 9.37. The van der Waals surface area contributed by atoms with E-state index in [2.05, 4.69) is 16.4 Å². The van der Waals surface area contributed by atoms with Gasteiger partial charge in [-0.2, -0.15) is 5.26 Å². The highest BCUT2D eigenvalue weighted by Gasteiger charge is 2.24. The zero-order valence-corrected chi connectivity index (χ0v) is 17.0. The molecule has 1 N–H and O–H groups in total. The van der Waals surface area contributed by atoms with Gasteiger partial charge in [-0.25, -0.2) is 9.38 Å². The van der Waals surface area contributed by atoms with Gasteiger partial charge in [-0.05, 0) is 54.2 Å². The number of nitriles is 1. The van der Waals surface area contributed by atoms with Crippen molar-refractivity contribution in [2.45, 2.75) is 6.61 Å². The van der Waals surface area contributed by atoms with Crippen LogP contribution in [0, 0.1) is 17.1 Å².